The van der Waals surface area contributed by atoms with E-state index in [2.05, 4.69) is 15.3 Å². The summed E-state index contributed by atoms with van der Waals surface area (Å²) in [6.07, 6.45) is 0.649. The average molecular weight is 266 g/mol. The number of aromatic amines is 1. The molecule has 0 atom stereocenters. The van der Waals surface area contributed by atoms with E-state index < -0.39 is 0 Å². The van der Waals surface area contributed by atoms with Crippen molar-refractivity contribution >= 4 is 11.7 Å². The Balaban J connectivity index is 2.67. The van der Waals surface area contributed by atoms with E-state index in [-0.39, 0.29) is 18.0 Å². The Bertz CT molecular complexity index is 482. The van der Waals surface area contributed by atoms with Gasteiger partial charge in [0.15, 0.2) is 0 Å². The standard InChI is InChI=1S/C13H22N4O2/c1-5-10-15-11(6-12(18)16-10)17(4)8-13(19)14-7-9(2)3/h6,9H,5,7-8H2,1-4H3,(H,14,19)(H,15,16,18). The molecule has 0 aliphatic heterocycles. The molecule has 0 bridgehead atoms. The smallest absolute Gasteiger partial charge is 0.252 e. The van der Waals surface area contributed by atoms with Crippen LogP contribution in [0.3, 0.4) is 0 Å². The average Bonchev–Trinajstić information content (AvgIpc) is 2.35. The third kappa shape index (κ3) is 5.11. The van der Waals surface area contributed by atoms with Crippen molar-refractivity contribution in [3.8, 4) is 0 Å². The summed E-state index contributed by atoms with van der Waals surface area (Å²) in [6, 6.07) is 1.40. The summed E-state index contributed by atoms with van der Waals surface area (Å²) in [5.74, 6) is 1.48. The lowest BCUT2D eigenvalue weighted by Gasteiger charge is -2.18. The highest BCUT2D eigenvalue weighted by atomic mass is 16.2. The molecular weight excluding hydrogens is 244 g/mol. The van der Waals surface area contributed by atoms with Crippen LogP contribution in [0.25, 0.3) is 0 Å². The molecule has 0 spiro atoms. The number of hydrogen-bond donors (Lipinski definition) is 2. The van der Waals surface area contributed by atoms with Gasteiger partial charge in [0.2, 0.25) is 5.91 Å². The van der Waals surface area contributed by atoms with Crippen LogP contribution in [0.4, 0.5) is 5.82 Å². The van der Waals surface area contributed by atoms with Crippen LogP contribution < -0.4 is 15.8 Å². The molecule has 1 aromatic heterocycles. The zero-order valence-corrected chi connectivity index (χ0v) is 12.0. The Labute approximate surface area is 113 Å². The molecule has 2 N–H and O–H groups in total. The maximum atomic E-state index is 11.7. The van der Waals surface area contributed by atoms with E-state index in [4.69, 9.17) is 0 Å². The first-order chi connectivity index (χ1) is 8.92. The molecule has 0 fully saturated rings. The van der Waals surface area contributed by atoms with E-state index in [0.29, 0.717) is 30.5 Å². The third-order valence-corrected chi connectivity index (χ3v) is 2.59. The van der Waals surface area contributed by atoms with Crippen molar-refractivity contribution in [1.82, 2.24) is 15.3 Å². The van der Waals surface area contributed by atoms with Gasteiger partial charge in [0, 0.05) is 26.1 Å². The molecule has 0 saturated heterocycles. The molecule has 19 heavy (non-hydrogen) atoms. The number of nitrogens with zero attached hydrogens (tertiary/aromatic N) is 2. The van der Waals surface area contributed by atoms with Gasteiger partial charge in [-0.25, -0.2) is 4.98 Å². The summed E-state index contributed by atoms with van der Waals surface area (Å²) < 4.78 is 0. The summed E-state index contributed by atoms with van der Waals surface area (Å²) in [6.45, 7) is 6.82. The zero-order chi connectivity index (χ0) is 14.4. The number of rotatable bonds is 6. The number of likely N-dealkylation sites (N-methyl/N-ethyl adjacent to an activating group) is 1. The van der Waals surface area contributed by atoms with Gasteiger partial charge in [0.25, 0.3) is 5.56 Å². The first-order valence-corrected chi connectivity index (χ1v) is 6.50. The van der Waals surface area contributed by atoms with Crippen LogP contribution in [0, 0.1) is 5.92 Å². The highest BCUT2D eigenvalue weighted by Gasteiger charge is 2.10. The maximum absolute atomic E-state index is 11.7. The molecule has 6 heteroatoms. The normalized spacial score (nSPS) is 10.6. The lowest BCUT2D eigenvalue weighted by molar-refractivity contribution is -0.119. The van der Waals surface area contributed by atoms with Gasteiger partial charge in [-0.3, -0.25) is 9.59 Å². The van der Waals surface area contributed by atoms with Gasteiger partial charge < -0.3 is 15.2 Å². The largest absolute Gasteiger partial charge is 0.354 e. The summed E-state index contributed by atoms with van der Waals surface area (Å²) >= 11 is 0. The molecule has 6 nitrogen and oxygen atoms in total. The molecule has 0 radical (unpaired) electrons. The number of amides is 1. The van der Waals surface area contributed by atoms with E-state index in [0.717, 1.165) is 0 Å². The minimum absolute atomic E-state index is 0.0728. The molecule has 106 valence electrons. The fourth-order valence-corrected chi connectivity index (χ4v) is 1.53. The number of anilines is 1. The van der Waals surface area contributed by atoms with Crippen molar-refractivity contribution in [2.24, 2.45) is 5.92 Å². The van der Waals surface area contributed by atoms with Gasteiger partial charge in [0.1, 0.15) is 11.6 Å². The lowest BCUT2D eigenvalue weighted by atomic mass is 10.2. The second-order valence-electron chi connectivity index (χ2n) is 4.96. The van der Waals surface area contributed by atoms with Crippen LogP contribution >= 0.6 is 0 Å². The number of aryl methyl sites for hydroxylation is 1. The fourth-order valence-electron chi connectivity index (χ4n) is 1.53. The molecule has 1 amide bonds. The van der Waals surface area contributed by atoms with Gasteiger partial charge in [0.05, 0.1) is 6.54 Å². The molecular formula is C13H22N4O2. The Kier molecular flexibility index (Phi) is 5.54. The molecule has 0 unspecified atom stereocenters. The monoisotopic (exact) mass is 266 g/mol. The SMILES string of the molecule is CCc1nc(N(C)CC(=O)NCC(C)C)cc(=O)[nH]1. The van der Waals surface area contributed by atoms with Crippen LogP contribution in [-0.4, -0.2) is 36.0 Å². The lowest BCUT2D eigenvalue weighted by Crippen LogP contribution is -2.37. The Morgan fingerprint density at radius 2 is 2.21 bits per heavy atom. The molecule has 1 aromatic rings. The fraction of sp³-hybridized carbons (Fsp3) is 0.615. The third-order valence-electron chi connectivity index (χ3n) is 2.59. The first kappa shape index (κ1) is 15.2. The van der Waals surface area contributed by atoms with Gasteiger partial charge in [-0.05, 0) is 5.92 Å². The predicted octanol–water partition coefficient (Wildman–Crippen LogP) is 0.541. The topological polar surface area (TPSA) is 78.1 Å². The Morgan fingerprint density at radius 1 is 1.53 bits per heavy atom. The summed E-state index contributed by atoms with van der Waals surface area (Å²) in [7, 11) is 1.75. The van der Waals surface area contributed by atoms with E-state index in [1.165, 1.54) is 6.07 Å². The Hall–Kier alpha value is -1.85. The van der Waals surface area contributed by atoms with Crippen molar-refractivity contribution in [1.29, 1.82) is 0 Å². The highest BCUT2D eigenvalue weighted by Crippen LogP contribution is 2.05. The quantitative estimate of drug-likeness (QED) is 0.788. The summed E-state index contributed by atoms with van der Waals surface area (Å²) in [4.78, 5) is 31.8. The minimum atomic E-state index is -0.198. The van der Waals surface area contributed by atoms with Crippen LogP contribution in [0.15, 0.2) is 10.9 Å². The van der Waals surface area contributed by atoms with Gasteiger partial charge in [-0.2, -0.15) is 0 Å². The molecule has 0 saturated carbocycles. The molecule has 0 aliphatic rings. The van der Waals surface area contributed by atoms with Crippen molar-refractivity contribution in [2.45, 2.75) is 27.2 Å². The molecule has 1 heterocycles. The zero-order valence-electron chi connectivity index (χ0n) is 12.0. The second-order valence-corrected chi connectivity index (χ2v) is 4.96. The van der Waals surface area contributed by atoms with E-state index in [1.54, 1.807) is 11.9 Å². The number of H-pyrrole nitrogens is 1. The second kappa shape index (κ2) is 6.92. The molecule has 0 aliphatic carbocycles. The summed E-state index contributed by atoms with van der Waals surface area (Å²) in [5, 5.41) is 2.83. The number of carbonyl (C=O) groups is 1. The number of nitrogens with one attached hydrogen (secondary N) is 2. The van der Waals surface area contributed by atoms with Crippen LogP contribution in [0.1, 0.15) is 26.6 Å². The molecule has 0 aromatic carbocycles. The predicted molar refractivity (Wildman–Crippen MR) is 75.4 cm³/mol. The molecule has 1 rings (SSSR count). The van der Waals surface area contributed by atoms with Crippen LogP contribution in [-0.2, 0) is 11.2 Å². The van der Waals surface area contributed by atoms with E-state index in [9.17, 15) is 9.59 Å². The summed E-state index contributed by atoms with van der Waals surface area (Å²) in [5.41, 5.74) is -0.198. The number of aromatic nitrogens is 2. The van der Waals surface area contributed by atoms with Crippen molar-refractivity contribution in [2.75, 3.05) is 25.0 Å². The first-order valence-electron chi connectivity index (χ1n) is 6.50. The highest BCUT2D eigenvalue weighted by molar-refractivity contribution is 5.80. The Morgan fingerprint density at radius 3 is 2.79 bits per heavy atom. The van der Waals surface area contributed by atoms with Gasteiger partial charge in [-0.15, -0.1) is 0 Å². The van der Waals surface area contributed by atoms with Crippen molar-refractivity contribution in [3.05, 3.63) is 22.2 Å². The number of carbonyl (C=O) groups excluding carboxylic acids is 1. The minimum Gasteiger partial charge on any atom is -0.354 e. The van der Waals surface area contributed by atoms with Crippen molar-refractivity contribution in [3.63, 3.8) is 0 Å². The van der Waals surface area contributed by atoms with Crippen molar-refractivity contribution < 1.29 is 4.79 Å². The van der Waals surface area contributed by atoms with Gasteiger partial charge in [-0.1, -0.05) is 20.8 Å². The maximum Gasteiger partial charge on any atom is 0.252 e. The van der Waals surface area contributed by atoms with E-state index in [1.807, 2.05) is 20.8 Å². The van der Waals surface area contributed by atoms with Crippen LogP contribution in [0.2, 0.25) is 0 Å². The van der Waals surface area contributed by atoms with E-state index >= 15 is 0 Å². The van der Waals surface area contributed by atoms with Gasteiger partial charge >= 0.3 is 0 Å². The number of hydrogen-bond acceptors (Lipinski definition) is 4. The van der Waals surface area contributed by atoms with Crippen LogP contribution in [0.5, 0.6) is 0 Å².